The molecule has 1 rings (SSSR count). The Morgan fingerprint density at radius 3 is 2.11 bits per heavy atom. The number of hydrogen-bond acceptors (Lipinski definition) is 2. The molecule has 51 valence electrons. The van der Waals surface area contributed by atoms with Crippen LogP contribution in [0.3, 0.4) is 0 Å². The zero-order chi connectivity index (χ0) is 6.20. The molecule has 1 saturated carbocycles. The summed E-state index contributed by atoms with van der Waals surface area (Å²) in [6, 6.07) is 0. The van der Waals surface area contributed by atoms with Gasteiger partial charge in [-0.3, -0.25) is 8.57 Å². The Morgan fingerprint density at radius 1 is 1.56 bits per heavy atom. The first-order chi connectivity index (χ1) is 3.67. The summed E-state index contributed by atoms with van der Waals surface area (Å²) in [6.07, 6.45) is 3.77. The van der Waals surface area contributed by atoms with Crippen LogP contribution in [0.25, 0.3) is 0 Å². The van der Waals surface area contributed by atoms with Gasteiger partial charge in [-0.25, -0.2) is 5.25 Å². The van der Waals surface area contributed by atoms with Crippen LogP contribution in [-0.4, -0.2) is 17.5 Å². The molecule has 0 aliphatic heterocycles. The molecule has 1 aliphatic carbocycles. The van der Waals surface area contributed by atoms with Crippen LogP contribution >= 0.6 is 0 Å². The van der Waals surface area contributed by atoms with E-state index in [2.05, 4.69) is 4.36 Å². The molecule has 0 N–H and O–H groups in total. The maximum absolute atomic E-state index is 11.1. The molecule has 1 atom stereocenters. The normalized spacial score (nSPS) is 23.8. The zero-order valence-electron chi connectivity index (χ0n) is 5.76. The summed E-state index contributed by atoms with van der Waals surface area (Å²) in [5.74, 6) is 0. The molecule has 0 bridgehead atoms. The molecule has 1 aliphatic rings. The summed E-state index contributed by atoms with van der Waals surface area (Å²) >= 11 is 0. The van der Waals surface area contributed by atoms with Crippen LogP contribution in [0.4, 0.5) is 0 Å². The Morgan fingerprint density at radius 2 is 2.00 bits per heavy atom. The van der Waals surface area contributed by atoms with Gasteiger partial charge in [0.25, 0.3) is 0 Å². The Bertz CT molecular complexity index is 191. The summed E-state index contributed by atoms with van der Waals surface area (Å²) in [4.78, 5) is 0. The second-order valence-corrected chi connectivity index (χ2v) is 4.57. The van der Waals surface area contributed by atoms with Crippen molar-refractivity contribution in [1.29, 1.82) is 0 Å². The standard InChI is InChI=1S/C5H10NOS.Y/c1-6-8(2,7)5-3-4-5;/h3-4H2,1-2H3;/q-1;. The van der Waals surface area contributed by atoms with E-state index in [-0.39, 0.29) is 32.7 Å². The van der Waals surface area contributed by atoms with Crippen molar-refractivity contribution >= 4 is 9.73 Å². The van der Waals surface area contributed by atoms with Crippen LogP contribution in [0.5, 0.6) is 0 Å². The van der Waals surface area contributed by atoms with Crippen LogP contribution in [0.2, 0.25) is 0 Å². The molecular formula is C5H10NOSY-. The topological polar surface area (TPSA) is 29.4 Å². The Labute approximate surface area is 81.9 Å². The largest absolute Gasteiger partial charge is 0.283 e. The van der Waals surface area contributed by atoms with Crippen molar-refractivity contribution in [3.8, 4) is 0 Å². The van der Waals surface area contributed by atoms with Crippen LogP contribution in [-0.2, 0) is 42.4 Å². The molecule has 2 nitrogen and oxygen atoms in total. The van der Waals surface area contributed by atoms with E-state index in [0.717, 1.165) is 18.1 Å². The maximum Gasteiger partial charge on any atom is 0.0343 e. The van der Waals surface area contributed by atoms with E-state index in [1.807, 2.05) is 0 Å². The van der Waals surface area contributed by atoms with Gasteiger partial charge in [-0.1, -0.05) is 9.73 Å². The van der Waals surface area contributed by atoms with Crippen LogP contribution < -0.4 is 0 Å². The summed E-state index contributed by atoms with van der Waals surface area (Å²) in [5, 5.41) is 1.14. The van der Waals surface area contributed by atoms with Gasteiger partial charge in [0.2, 0.25) is 0 Å². The van der Waals surface area contributed by atoms with E-state index in [0.29, 0.717) is 0 Å². The van der Waals surface area contributed by atoms with E-state index < -0.39 is 9.73 Å². The van der Waals surface area contributed by atoms with Crippen LogP contribution in [0, 0.1) is 5.25 Å². The van der Waals surface area contributed by atoms with Gasteiger partial charge in [0.05, 0.1) is 0 Å². The molecule has 0 saturated heterocycles. The number of nitrogens with zero attached hydrogens (tertiary/aromatic N) is 1. The van der Waals surface area contributed by atoms with Crippen molar-refractivity contribution in [1.82, 2.24) is 0 Å². The van der Waals surface area contributed by atoms with Gasteiger partial charge in [0.1, 0.15) is 0 Å². The fourth-order valence-electron chi connectivity index (χ4n) is 0.559. The molecular weight excluding hydrogens is 211 g/mol. The predicted molar refractivity (Wildman–Crippen MR) is 34.9 cm³/mol. The Balaban J connectivity index is 0.000000640. The third kappa shape index (κ3) is 2.64. The van der Waals surface area contributed by atoms with Crippen molar-refractivity contribution in [3.63, 3.8) is 0 Å². The van der Waals surface area contributed by atoms with Crippen molar-refractivity contribution < 1.29 is 36.9 Å². The minimum Gasteiger partial charge on any atom is -0.283 e. The molecule has 0 aromatic carbocycles. The predicted octanol–water partition coefficient (Wildman–Crippen LogP) is 1.04. The van der Waals surface area contributed by atoms with Gasteiger partial charge in [-0.15, -0.1) is 0 Å². The molecule has 9 heavy (non-hydrogen) atoms. The monoisotopic (exact) mass is 221 g/mol. The van der Waals surface area contributed by atoms with E-state index in [4.69, 9.17) is 0 Å². The van der Waals surface area contributed by atoms with Crippen LogP contribution in [0.1, 0.15) is 12.8 Å². The number of hydrogen-bond donors (Lipinski definition) is 0. The van der Waals surface area contributed by atoms with Gasteiger partial charge in [-0.05, 0) is 6.26 Å². The first-order valence-electron chi connectivity index (χ1n) is 2.62. The first-order valence-corrected chi connectivity index (χ1v) is 4.54. The summed E-state index contributed by atoms with van der Waals surface area (Å²) < 4.78 is 14.9. The van der Waals surface area contributed by atoms with E-state index in [9.17, 15) is 4.21 Å². The minimum atomic E-state index is -1.83. The third-order valence-corrected chi connectivity index (χ3v) is 3.51. The average molecular weight is 221 g/mol. The van der Waals surface area contributed by atoms with E-state index in [1.165, 1.54) is 0 Å². The second-order valence-electron chi connectivity index (χ2n) is 2.02. The van der Waals surface area contributed by atoms with E-state index >= 15 is 0 Å². The van der Waals surface area contributed by atoms with Gasteiger partial charge < -0.3 is 0 Å². The Hall–Kier alpha value is 1.05. The van der Waals surface area contributed by atoms with Crippen molar-refractivity contribution in [2.24, 2.45) is 4.36 Å². The summed E-state index contributed by atoms with van der Waals surface area (Å²) in [6.45, 7) is 0. The smallest absolute Gasteiger partial charge is 0.0343 e. The van der Waals surface area contributed by atoms with Crippen molar-refractivity contribution in [3.05, 3.63) is 5.25 Å². The maximum atomic E-state index is 11.1. The molecule has 1 radical (unpaired) electrons. The zero-order valence-corrected chi connectivity index (χ0v) is 9.41. The van der Waals surface area contributed by atoms with Crippen LogP contribution in [0.15, 0.2) is 4.36 Å². The molecule has 4 heteroatoms. The van der Waals surface area contributed by atoms with E-state index in [1.54, 1.807) is 13.3 Å². The summed E-state index contributed by atoms with van der Waals surface area (Å²) in [5.41, 5.74) is 0. The molecule has 1 unspecified atom stereocenters. The number of rotatable bonds is 1. The minimum absolute atomic E-state index is 0. The van der Waals surface area contributed by atoms with Crippen molar-refractivity contribution in [2.75, 3.05) is 13.3 Å². The van der Waals surface area contributed by atoms with Crippen molar-refractivity contribution in [2.45, 2.75) is 12.8 Å². The quantitative estimate of drug-likeness (QED) is 0.608. The molecule has 1 fully saturated rings. The fourth-order valence-corrected chi connectivity index (χ4v) is 1.68. The molecule has 0 aromatic heterocycles. The molecule has 0 spiro atoms. The SMILES string of the molecule is CN=S(C)(=O)[C-]1CC1.[Y]. The fraction of sp³-hybridized carbons (Fsp3) is 0.800. The molecule has 0 amide bonds. The van der Waals surface area contributed by atoms with Gasteiger partial charge in [-0.2, -0.15) is 12.8 Å². The first kappa shape index (κ1) is 10.1. The molecule has 0 aromatic rings. The van der Waals surface area contributed by atoms with Gasteiger partial charge >= 0.3 is 0 Å². The average Bonchev–Trinajstić information content (AvgIpc) is 2.44. The Kier molecular flexibility index (Phi) is 3.85. The summed E-state index contributed by atoms with van der Waals surface area (Å²) in [7, 11) is -0.215. The third-order valence-electron chi connectivity index (χ3n) is 1.34. The van der Waals surface area contributed by atoms with Gasteiger partial charge in [0, 0.05) is 39.8 Å². The molecule has 0 heterocycles. The van der Waals surface area contributed by atoms with Gasteiger partial charge in [0.15, 0.2) is 0 Å². The second kappa shape index (κ2) is 3.45.